The van der Waals surface area contributed by atoms with Crippen LogP contribution in [0.4, 0.5) is 4.39 Å². The van der Waals surface area contributed by atoms with Gasteiger partial charge in [-0.2, -0.15) is 0 Å². The Labute approximate surface area is 83.9 Å². The lowest BCUT2D eigenvalue weighted by atomic mass is 10.1. The molecule has 0 aliphatic carbocycles. The fourth-order valence-corrected chi connectivity index (χ4v) is 1.37. The molecule has 0 aromatic heterocycles. The number of hydrogen-bond donors (Lipinski definition) is 1. The number of rotatable bonds is 5. The topological polar surface area (TPSA) is 35.2 Å². The molecule has 3 heteroatoms. The van der Waals surface area contributed by atoms with Crippen LogP contribution in [-0.2, 0) is 17.8 Å². The zero-order valence-corrected chi connectivity index (χ0v) is 8.42. The first-order valence-corrected chi connectivity index (χ1v) is 4.74. The highest BCUT2D eigenvalue weighted by molar-refractivity contribution is 5.24. The van der Waals surface area contributed by atoms with Crippen molar-refractivity contribution in [3.05, 3.63) is 35.1 Å². The lowest BCUT2D eigenvalue weighted by Gasteiger charge is -2.05. The van der Waals surface area contributed by atoms with Crippen LogP contribution in [0.5, 0.6) is 0 Å². The summed E-state index contributed by atoms with van der Waals surface area (Å²) in [4.78, 5) is 0. The highest BCUT2D eigenvalue weighted by Gasteiger charge is 2.02. The van der Waals surface area contributed by atoms with Gasteiger partial charge in [-0.3, -0.25) is 0 Å². The van der Waals surface area contributed by atoms with Gasteiger partial charge in [0.05, 0.1) is 6.61 Å². The molecule has 0 spiro atoms. The summed E-state index contributed by atoms with van der Waals surface area (Å²) in [5, 5.41) is 0. The van der Waals surface area contributed by atoms with Crippen LogP contribution in [0.3, 0.4) is 0 Å². The van der Waals surface area contributed by atoms with Gasteiger partial charge in [-0.15, -0.1) is 0 Å². The molecule has 2 N–H and O–H groups in total. The third-order valence-corrected chi connectivity index (χ3v) is 2.07. The SMILES string of the molecule is COCc1ccc(F)c(CCCN)c1. The predicted molar refractivity (Wildman–Crippen MR) is 54.5 cm³/mol. The van der Waals surface area contributed by atoms with Gasteiger partial charge in [0.2, 0.25) is 0 Å². The van der Waals surface area contributed by atoms with Crippen molar-refractivity contribution in [2.75, 3.05) is 13.7 Å². The minimum atomic E-state index is -0.154. The van der Waals surface area contributed by atoms with Crippen LogP contribution in [0, 0.1) is 5.82 Å². The summed E-state index contributed by atoms with van der Waals surface area (Å²) < 4.78 is 18.2. The summed E-state index contributed by atoms with van der Waals surface area (Å²) in [6, 6.07) is 5.07. The van der Waals surface area contributed by atoms with Crippen LogP contribution in [0.25, 0.3) is 0 Å². The lowest BCUT2D eigenvalue weighted by molar-refractivity contribution is 0.184. The Morgan fingerprint density at radius 2 is 2.21 bits per heavy atom. The summed E-state index contributed by atoms with van der Waals surface area (Å²) in [6.45, 7) is 1.11. The maximum atomic E-state index is 13.3. The summed E-state index contributed by atoms with van der Waals surface area (Å²) >= 11 is 0. The molecule has 1 aromatic carbocycles. The van der Waals surface area contributed by atoms with Gasteiger partial charge < -0.3 is 10.5 Å². The quantitative estimate of drug-likeness (QED) is 0.782. The molecule has 0 unspecified atom stereocenters. The normalized spacial score (nSPS) is 10.5. The molecule has 14 heavy (non-hydrogen) atoms. The van der Waals surface area contributed by atoms with E-state index in [-0.39, 0.29) is 5.82 Å². The Morgan fingerprint density at radius 3 is 2.86 bits per heavy atom. The number of benzene rings is 1. The van der Waals surface area contributed by atoms with E-state index in [1.807, 2.05) is 6.07 Å². The van der Waals surface area contributed by atoms with E-state index in [1.54, 1.807) is 13.2 Å². The maximum absolute atomic E-state index is 13.3. The van der Waals surface area contributed by atoms with Gasteiger partial charge in [-0.1, -0.05) is 12.1 Å². The molecule has 0 aliphatic heterocycles. The van der Waals surface area contributed by atoms with Crippen LogP contribution in [0.1, 0.15) is 17.5 Å². The summed E-state index contributed by atoms with van der Waals surface area (Å²) in [7, 11) is 1.63. The molecule has 0 saturated heterocycles. The fourth-order valence-electron chi connectivity index (χ4n) is 1.37. The third-order valence-electron chi connectivity index (χ3n) is 2.07. The van der Waals surface area contributed by atoms with Crippen LogP contribution >= 0.6 is 0 Å². The zero-order chi connectivity index (χ0) is 10.4. The molecule has 0 bridgehead atoms. The fraction of sp³-hybridized carbons (Fsp3) is 0.455. The average Bonchev–Trinajstić information content (AvgIpc) is 2.19. The van der Waals surface area contributed by atoms with E-state index in [9.17, 15) is 4.39 Å². The maximum Gasteiger partial charge on any atom is 0.126 e. The minimum Gasteiger partial charge on any atom is -0.380 e. The van der Waals surface area contributed by atoms with Crippen molar-refractivity contribution >= 4 is 0 Å². The van der Waals surface area contributed by atoms with E-state index in [4.69, 9.17) is 10.5 Å². The Balaban J connectivity index is 2.74. The molecule has 0 atom stereocenters. The van der Waals surface area contributed by atoms with Gasteiger partial charge in [0.25, 0.3) is 0 Å². The number of ether oxygens (including phenoxy) is 1. The van der Waals surface area contributed by atoms with Gasteiger partial charge >= 0.3 is 0 Å². The highest BCUT2D eigenvalue weighted by atomic mass is 19.1. The third kappa shape index (κ3) is 3.09. The van der Waals surface area contributed by atoms with Crippen molar-refractivity contribution in [1.82, 2.24) is 0 Å². The number of methoxy groups -OCH3 is 1. The van der Waals surface area contributed by atoms with Crippen molar-refractivity contribution < 1.29 is 9.13 Å². The Bertz CT molecular complexity index is 289. The number of aryl methyl sites for hydroxylation is 1. The second-order valence-electron chi connectivity index (χ2n) is 3.25. The lowest BCUT2D eigenvalue weighted by Crippen LogP contribution is -2.02. The Kier molecular flexibility index (Phi) is 4.56. The first kappa shape index (κ1) is 11.1. The van der Waals surface area contributed by atoms with Gasteiger partial charge in [0, 0.05) is 7.11 Å². The van der Waals surface area contributed by atoms with Crippen molar-refractivity contribution in [3.63, 3.8) is 0 Å². The van der Waals surface area contributed by atoms with Gasteiger partial charge in [0.15, 0.2) is 0 Å². The van der Waals surface area contributed by atoms with Crippen molar-refractivity contribution in [3.8, 4) is 0 Å². The van der Waals surface area contributed by atoms with Crippen molar-refractivity contribution in [1.29, 1.82) is 0 Å². The minimum absolute atomic E-state index is 0.154. The van der Waals surface area contributed by atoms with E-state index in [0.29, 0.717) is 19.6 Å². The van der Waals surface area contributed by atoms with Crippen molar-refractivity contribution in [2.24, 2.45) is 5.73 Å². The molecule has 1 rings (SSSR count). The Hall–Kier alpha value is -0.930. The van der Waals surface area contributed by atoms with Gasteiger partial charge in [-0.25, -0.2) is 4.39 Å². The molecular formula is C11H16FNO. The van der Waals surface area contributed by atoms with E-state index in [1.165, 1.54) is 6.07 Å². The molecular weight excluding hydrogens is 181 g/mol. The highest BCUT2D eigenvalue weighted by Crippen LogP contribution is 2.13. The second-order valence-corrected chi connectivity index (χ2v) is 3.25. The molecule has 0 radical (unpaired) electrons. The van der Waals surface area contributed by atoms with Crippen LogP contribution < -0.4 is 5.73 Å². The molecule has 78 valence electrons. The number of hydrogen-bond acceptors (Lipinski definition) is 2. The van der Waals surface area contributed by atoms with Gasteiger partial charge in [-0.05, 0) is 36.6 Å². The molecule has 0 aliphatic rings. The molecule has 0 amide bonds. The number of halogens is 1. The smallest absolute Gasteiger partial charge is 0.126 e. The Morgan fingerprint density at radius 1 is 1.43 bits per heavy atom. The van der Waals surface area contributed by atoms with Crippen molar-refractivity contribution in [2.45, 2.75) is 19.4 Å². The molecule has 0 heterocycles. The summed E-state index contributed by atoms with van der Waals surface area (Å²) in [6.07, 6.45) is 1.51. The molecule has 1 aromatic rings. The van der Waals surface area contributed by atoms with E-state index in [0.717, 1.165) is 17.5 Å². The zero-order valence-electron chi connectivity index (χ0n) is 8.42. The average molecular weight is 197 g/mol. The van der Waals surface area contributed by atoms with Crippen LogP contribution in [0.15, 0.2) is 18.2 Å². The molecule has 2 nitrogen and oxygen atoms in total. The first-order chi connectivity index (χ1) is 6.77. The van der Waals surface area contributed by atoms with E-state index in [2.05, 4.69) is 0 Å². The number of nitrogens with two attached hydrogens (primary N) is 1. The first-order valence-electron chi connectivity index (χ1n) is 4.74. The molecule has 0 saturated carbocycles. The summed E-state index contributed by atoms with van der Waals surface area (Å²) in [5.41, 5.74) is 7.10. The second kappa shape index (κ2) is 5.73. The van der Waals surface area contributed by atoms with Gasteiger partial charge in [0.1, 0.15) is 5.82 Å². The summed E-state index contributed by atoms with van der Waals surface area (Å²) in [5.74, 6) is -0.154. The predicted octanol–water partition coefficient (Wildman–Crippen LogP) is 1.86. The molecule has 0 fully saturated rings. The van der Waals surface area contributed by atoms with E-state index >= 15 is 0 Å². The standard InChI is InChI=1S/C11H16FNO/c1-14-8-9-4-5-11(12)10(7-9)3-2-6-13/h4-5,7H,2-3,6,8,13H2,1H3. The van der Waals surface area contributed by atoms with E-state index < -0.39 is 0 Å². The van der Waals surface area contributed by atoms with Crippen LogP contribution in [0.2, 0.25) is 0 Å². The monoisotopic (exact) mass is 197 g/mol. The van der Waals surface area contributed by atoms with Crippen LogP contribution in [-0.4, -0.2) is 13.7 Å². The largest absolute Gasteiger partial charge is 0.380 e.